The number of methoxy groups -OCH3 is 1. The standard InChI is InChI=1S/C44H56F3N5O9S/c1-24(2)52-37-29(25-16-18-27(19-17-25)49-39(53)59-42(3,4)5)22-48-38(51(40(54)60-43(6,7)8)41(55)61-44(9,10)11)34(37)36(50-52)28-21-30(45)26(20-31(28)46)23-62(56,57)33-15-13-14-32(58-12)35(33)47/h13-15,20-22,24-25,27H,16-19,23H2,1-12H3,(H,49,53). The zero-order chi connectivity index (χ0) is 46.3. The van der Waals surface area contributed by atoms with Crippen LogP contribution in [-0.4, -0.2) is 71.4 Å². The largest absolute Gasteiger partial charge is 0.494 e. The number of benzene rings is 2. The summed E-state index contributed by atoms with van der Waals surface area (Å²) in [5.41, 5.74) is -3.17. The average Bonchev–Trinajstić information content (AvgIpc) is 3.52. The molecule has 0 bridgehead atoms. The topological polar surface area (TPSA) is 168 Å². The third kappa shape index (κ3) is 11.0. The molecule has 1 aliphatic carbocycles. The number of nitrogens with one attached hydrogen (secondary N) is 1. The molecule has 0 saturated heterocycles. The number of nitrogens with zero attached hydrogens (tertiary/aromatic N) is 4. The van der Waals surface area contributed by atoms with Crippen LogP contribution in [0.3, 0.4) is 0 Å². The van der Waals surface area contributed by atoms with E-state index >= 15 is 13.2 Å². The Kier molecular flexibility index (Phi) is 13.7. The lowest BCUT2D eigenvalue weighted by Gasteiger charge is -2.31. The minimum atomic E-state index is -4.57. The number of halogens is 3. The van der Waals surface area contributed by atoms with Gasteiger partial charge in [-0.25, -0.2) is 41.0 Å². The molecule has 2 aromatic carbocycles. The first-order valence-corrected chi connectivity index (χ1v) is 22.0. The van der Waals surface area contributed by atoms with Crippen LogP contribution < -0.4 is 15.0 Å². The van der Waals surface area contributed by atoms with Gasteiger partial charge in [0.15, 0.2) is 27.2 Å². The minimum Gasteiger partial charge on any atom is -0.494 e. The number of ether oxygens (including phenoxy) is 4. The first-order valence-electron chi connectivity index (χ1n) is 20.3. The zero-order valence-electron chi connectivity index (χ0n) is 37.2. The van der Waals surface area contributed by atoms with Crippen molar-refractivity contribution in [3.63, 3.8) is 0 Å². The van der Waals surface area contributed by atoms with E-state index < -0.39 is 90.2 Å². The highest BCUT2D eigenvalue weighted by atomic mass is 32.2. The van der Waals surface area contributed by atoms with Crippen LogP contribution >= 0.6 is 0 Å². The number of anilines is 1. The Bertz CT molecular complexity index is 2430. The van der Waals surface area contributed by atoms with Gasteiger partial charge in [-0.05, 0) is 138 Å². The molecule has 0 spiro atoms. The van der Waals surface area contributed by atoms with Crippen molar-refractivity contribution >= 4 is 44.8 Å². The Morgan fingerprint density at radius 3 is 1.98 bits per heavy atom. The number of pyridine rings is 1. The van der Waals surface area contributed by atoms with E-state index in [4.69, 9.17) is 24.0 Å². The van der Waals surface area contributed by atoms with E-state index in [0.29, 0.717) is 47.7 Å². The summed E-state index contributed by atoms with van der Waals surface area (Å²) in [6, 6.07) is 4.31. The molecule has 3 amide bonds. The molecule has 14 nitrogen and oxygen atoms in total. The lowest BCUT2D eigenvalue weighted by atomic mass is 9.81. The molecular formula is C44H56F3N5O9S. The summed E-state index contributed by atoms with van der Waals surface area (Å²) in [6.45, 7) is 18.5. The highest BCUT2D eigenvalue weighted by Crippen LogP contribution is 2.44. The summed E-state index contributed by atoms with van der Waals surface area (Å²) in [5.74, 6) is -5.44. The normalized spacial score (nSPS) is 16.3. The van der Waals surface area contributed by atoms with E-state index in [-0.39, 0.29) is 34.6 Å². The van der Waals surface area contributed by atoms with Crippen LogP contribution in [0.25, 0.3) is 22.2 Å². The maximum Gasteiger partial charge on any atom is 0.425 e. The van der Waals surface area contributed by atoms with Gasteiger partial charge in [-0.2, -0.15) is 10.00 Å². The predicted molar refractivity (Wildman–Crippen MR) is 226 cm³/mol. The number of aromatic nitrogens is 3. The van der Waals surface area contributed by atoms with E-state index in [1.165, 1.54) is 18.3 Å². The zero-order valence-corrected chi connectivity index (χ0v) is 38.1. The Balaban J connectivity index is 1.72. The Hall–Kier alpha value is -5.39. The van der Waals surface area contributed by atoms with Gasteiger partial charge in [0.05, 0.1) is 23.8 Å². The van der Waals surface area contributed by atoms with Gasteiger partial charge in [-0.15, -0.1) is 0 Å². The molecule has 0 aliphatic heterocycles. The highest BCUT2D eigenvalue weighted by Gasteiger charge is 2.39. The second-order valence-electron chi connectivity index (χ2n) is 18.6. The number of hydrogen-bond donors (Lipinski definition) is 1. The third-order valence-electron chi connectivity index (χ3n) is 9.69. The quantitative estimate of drug-likeness (QED) is 0.159. The molecule has 0 atom stereocenters. The van der Waals surface area contributed by atoms with Crippen molar-refractivity contribution in [1.29, 1.82) is 0 Å². The summed E-state index contributed by atoms with van der Waals surface area (Å²) in [4.78, 5) is 45.2. The van der Waals surface area contributed by atoms with Crippen LogP contribution in [0.4, 0.5) is 33.4 Å². The Morgan fingerprint density at radius 1 is 0.871 bits per heavy atom. The van der Waals surface area contributed by atoms with Gasteiger partial charge >= 0.3 is 18.3 Å². The van der Waals surface area contributed by atoms with Gasteiger partial charge < -0.3 is 24.3 Å². The van der Waals surface area contributed by atoms with Crippen molar-refractivity contribution < 1.29 is 54.9 Å². The molecule has 1 aliphatic rings. The van der Waals surface area contributed by atoms with Gasteiger partial charge in [-0.1, -0.05) is 6.07 Å². The number of alkyl carbamates (subject to hydrolysis) is 1. The molecule has 0 unspecified atom stereocenters. The fourth-order valence-corrected chi connectivity index (χ4v) is 8.59. The van der Waals surface area contributed by atoms with Crippen molar-refractivity contribution in [2.75, 3.05) is 12.0 Å². The lowest BCUT2D eigenvalue weighted by Crippen LogP contribution is -2.44. The van der Waals surface area contributed by atoms with Gasteiger partial charge in [-0.3, -0.25) is 4.68 Å². The van der Waals surface area contributed by atoms with Crippen molar-refractivity contribution in [1.82, 2.24) is 20.1 Å². The highest BCUT2D eigenvalue weighted by molar-refractivity contribution is 7.90. The molecule has 2 aromatic heterocycles. The molecule has 1 saturated carbocycles. The van der Waals surface area contributed by atoms with Crippen LogP contribution in [0.2, 0.25) is 0 Å². The van der Waals surface area contributed by atoms with Crippen LogP contribution in [0.5, 0.6) is 5.75 Å². The van der Waals surface area contributed by atoms with Gasteiger partial charge in [0.2, 0.25) is 0 Å². The van der Waals surface area contributed by atoms with Crippen LogP contribution in [0.1, 0.15) is 125 Å². The van der Waals surface area contributed by atoms with E-state index in [1.807, 2.05) is 13.8 Å². The molecule has 18 heteroatoms. The summed E-state index contributed by atoms with van der Waals surface area (Å²) in [5, 5.41) is 7.70. The van der Waals surface area contributed by atoms with E-state index in [9.17, 15) is 22.8 Å². The maximum absolute atomic E-state index is 16.7. The van der Waals surface area contributed by atoms with Crippen LogP contribution in [0.15, 0.2) is 41.4 Å². The lowest BCUT2D eigenvalue weighted by molar-refractivity contribution is 0.0425. The molecule has 0 radical (unpaired) electrons. The molecule has 1 fully saturated rings. The maximum atomic E-state index is 16.7. The monoisotopic (exact) mass is 887 g/mol. The number of fused-ring (bicyclic) bond motifs is 1. The smallest absolute Gasteiger partial charge is 0.425 e. The number of rotatable bonds is 9. The van der Waals surface area contributed by atoms with Crippen molar-refractivity contribution in [3.8, 4) is 17.0 Å². The van der Waals surface area contributed by atoms with Crippen LogP contribution in [0, 0.1) is 17.5 Å². The first kappa shape index (κ1) is 47.7. The number of carbonyl (C=O) groups is 3. The van der Waals surface area contributed by atoms with Gasteiger partial charge in [0, 0.05) is 29.4 Å². The Labute approximate surface area is 360 Å². The molecular weight excluding hydrogens is 832 g/mol. The predicted octanol–water partition coefficient (Wildman–Crippen LogP) is 10.3. The molecule has 2 heterocycles. The van der Waals surface area contributed by atoms with Gasteiger partial charge in [0.25, 0.3) is 0 Å². The fraction of sp³-hybridized carbons (Fsp3) is 0.523. The number of amides is 3. The third-order valence-corrected chi connectivity index (χ3v) is 11.4. The van der Waals surface area contributed by atoms with Crippen molar-refractivity contribution in [2.45, 2.75) is 147 Å². The SMILES string of the molecule is COc1cccc(S(=O)(=O)Cc2cc(F)c(-c3nn(C(C)C)c4c(C5CCC(NC(=O)OC(C)(C)C)CC5)cnc(N(C(=O)OC(C)(C)C)C(=O)OC(C)(C)C)c34)cc2F)c1F. The summed E-state index contributed by atoms with van der Waals surface area (Å²) in [6.07, 6.45) is 0.868. The summed E-state index contributed by atoms with van der Waals surface area (Å²) in [7, 11) is -3.41. The Morgan fingerprint density at radius 2 is 1.45 bits per heavy atom. The molecule has 338 valence electrons. The van der Waals surface area contributed by atoms with Gasteiger partial charge in [0.1, 0.15) is 39.0 Å². The van der Waals surface area contributed by atoms with Crippen LogP contribution in [-0.2, 0) is 29.8 Å². The molecule has 1 N–H and O–H groups in total. The van der Waals surface area contributed by atoms with E-state index in [0.717, 1.165) is 19.2 Å². The second kappa shape index (κ2) is 17.8. The summed E-state index contributed by atoms with van der Waals surface area (Å²) >= 11 is 0. The molecule has 4 aromatic rings. The molecule has 5 rings (SSSR count). The molecule has 62 heavy (non-hydrogen) atoms. The van der Waals surface area contributed by atoms with Crippen molar-refractivity contribution in [2.24, 2.45) is 0 Å². The average molecular weight is 888 g/mol. The van der Waals surface area contributed by atoms with E-state index in [2.05, 4.69) is 10.3 Å². The second-order valence-corrected chi connectivity index (χ2v) is 20.6. The summed E-state index contributed by atoms with van der Waals surface area (Å²) < 4.78 is 98.0. The number of carbonyl (C=O) groups excluding carboxylic acids is 3. The minimum absolute atomic E-state index is 0.0148. The number of sulfone groups is 1. The number of hydrogen-bond acceptors (Lipinski definition) is 11. The van der Waals surface area contributed by atoms with E-state index in [1.54, 1.807) is 67.0 Å². The number of imide groups is 1. The van der Waals surface area contributed by atoms with Crippen molar-refractivity contribution in [3.05, 3.63) is 65.1 Å². The fourth-order valence-electron chi connectivity index (χ4n) is 7.15. The first-order chi connectivity index (χ1) is 28.6.